The van der Waals surface area contributed by atoms with Gasteiger partial charge < -0.3 is 15.4 Å². The lowest BCUT2D eigenvalue weighted by atomic mass is 9.96. The average Bonchev–Trinajstić information content (AvgIpc) is 3.25. The number of amides is 1. The molecule has 0 unspecified atom stereocenters. The molecule has 1 aliphatic carbocycles. The number of carbonyl (C=O) groups excluding carboxylic acids is 1. The van der Waals surface area contributed by atoms with Crippen LogP contribution < -0.4 is 15.4 Å². The first-order valence-corrected chi connectivity index (χ1v) is 12.2. The second-order valence-corrected chi connectivity index (χ2v) is 9.22. The van der Waals surface area contributed by atoms with Gasteiger partial charge in [-0.3, -0.25) is 4.57 Å². The highest BCUT2D eigenvalue weighted by atomic mass is 35.5. The second kappa shape index (κ2) is 10.1. The molecule has 5 rings (SSSR count). The van der Waals surface area contributed by atoms with E-state index in [0.29, 0.717) is 44.9 Å². The van der Waals surface area contributed by atoms with Crippen molar-refractivity contribution in [2.75, 3.05) is 12.4 Å². The Balaban J connectivity index is 1.63. The van der Waals surface area contributed by atoms with E-state index < -0.39 is 6.09 Å². The van der Waals surface area contributed by atoms with Crippen LogP contribution in [0.25, 0.3) is 28.2 Å². The Hall–Kier alpha value is -3.36. The van der Waals surface area contributed by atoms with E-state index in [4.69, 9.17) is 37.9 Å². The summed E-state index contributed by atoms with van der Waals surface area (Å²) < 4.78 is 7.26. The molecule has 0 aliphatic heterocycles. The van der Waals surface area contributed by atoms with Gasteiger partial charge in [0.2, 0.25) is 5.95 Å². The standard InChI is InChI=1S/C25H24Cl2N6O2/c1-28-25(34)35-17-8-10-20-21(14-17)33(23(31-20)15-7-9-18(26)19(27)13-15)22-11-12-29-24(32-22)30-16-5-3-2-4-6-16/h7-14,16H,2-6H2,1H3,(H,28,34)(H,29,30,32). The summed E-state index contributed by atoms with van der Waals surface area (Å²) in [5.74, 6) is 2.19. The van der Waals surface area contributed by atoms with Gasteiger partial charge in [0.1, 0.15) is 17.4 Å². The van der Waals surface area contributed by atoms with Crippen LogP contribution in [0.3, 0.4) is 0 Å². The smallest absolute Gasteiger partial charge is 0.410 e. The van der Waals surface area contributed by atoms with Crippen LogP contribution in [0.2, 0.25) is 10.0 Å². The Bertz CT molecular complexity index is 1380. The van der Waals surface area contributed by atoms with E-state index in [1.165, 1.54) is 26.3 Å². The molecule has 0 atom stereocenters. The summed E-state index contributed by atoms with van der Waals surface area (Å²) in [5, 5.41) is 6.82. The molecular formula is C25H24Cl2N6O2. The van der Waals surface area contributed by atoms with Crippen LogP contribution in [-0.2, 0) is 0 Å². The van der Waals surface area contributed by atoms with Crippen LogP contribution in [0, 0.1) is 0 Å². The first kappa shape index (κ1) is 23.4. The first-order chi connectivity index (χ1) is 17.0. The fourth-order valence-electron chi connectivity index (χ4n) is 4.31. The van der Waals surface area contributed by atoms with Gasteiger partial charge in [-0.2, -0.15) is 4.98 Å². The van der Waals surface area contributed by atoms with Crippen molar-refractivity contribution < 1.29 is 9.53 Å². The van der Waals surface area contributed by atoms with Gasteiger partial charge in [0.25, 0.3) is 0 Å². The summed E-state index contributed by atoms with van der Waals surface area (Å²) in [6.45, 7) is 0. The Morgan fingerprint density at radius 3 is 2.63 bits per heavy atom. The van der Waals surface area contributed by atoms with Gasteiger partial charge in [0, 0.05) is 30.9 Å². The Morgan fingerprint density at radius 2 is 1.86 bits per heavy atom. The summed E-state index contributed by atoms with van der Waals surface area (Å²) >= 11 is 12.5. The SMILES string of the molecule is CNC(=O)Oc1ccc2nc(-c3ccc(Cl)c(Cl)c3)n(-c3ccnc(NC4CCCCC4)n3)c2c1. The van der Waals surface area contributed by atoms with Gasteiger partial charge >= 0.3 is 6.09 Å². The van der Waals surface area contributed by atoms with Crippen LogP contribution in [-0.4, -0.2) is 38.7 Å². The van der Waals surface area contributed by atoms with Crippen molar-refractivity contribution in [1.29, 1.82) is 0 Å². The van der Waals surface area contributed by atoms with Gasteiger partial charge in [-0.05, 0) is 49.2 Å². The Kier molecular flexibility index (Phi) is 6.74. The van der Waals surface area contributed by atoms with Crippen molar-refractivity contribution in [2.45, 2.75) is 38.1 Å². The number of ether oxygens (including phenoxy) is 1. The number of carbonyl (C=O) groups is 1. The van der Waals surface area contributed by atoms with E-state index in [-0.39, 0.29) is 0 Å². The third-order valence-electron chi connectivity index (χ3n) is 6.03. The molecule has 0 bridgehead atoms. The van der Waals surface area contributed by atoms with Gasteiger partial charge in [-0.25, -0.2) is 14.8 Å². The maximum Gasteiger partial charge on any atom is 0.412 e. The number of fused-ring (bicyclic) bond motifs is 1. The summed E-state index contributed by atoms with van der Waals surface area (Å²) in [4.78, 5) is 25.9. The molecule has 2 heterocycles. The van der Waals surface area contributed by atoms with Crippen LogP contribution in [0.4, 0.5) is 10.7 Å². The zero-order valence-corrected chi connectivity index (χ0v) is 20.6. The lowest BCUT2D eigenvalue weighted by molar-refractivity contribution is 0.203. The Morgan fingerprint density at radius 1 is 1.03 bits per heavy atom. The van der Waals surface area contributed by atoms with E-state index in [9.17, 15) is 4.79 Å². The lowest BCUT2D eigenvalue weighted by Gasteiger charge is -2.22. The lowest BCUT2D eigenvalue weighted by Crippen LogP contribution is -2.23. The van der Waals surface area contributed by atoms with Crippen molar-refractivity contribution in [1.82, 2.24) is 24.8 Å². The number of anilines is 1. The highest BCUT2D eigenvalue weighted by molar-refractivity contribution is 6.42. The van der Waals surface area contributed by atoms with Gasteiger partial charge in [0.15, 0.2) is 0 Å². The number of halogens is 2. The maximum atomic E-state index is 11.8. The number of aromatic nitrogens is 4. The van der Waals surface area contributed by atoms with E-state index in [1.807, 2.05) is 16.7 Å². The maximum absolute atomic E-state index is 11.8. The minimum absolute atomic E-state index is 0.362. The molecule has 1 amide bonds. The van der Waals surface area contributed by atoms with Crippen LogP contribution in [0.15, 0.2) is 48.7 Å². The van der Waals surface area contributed by atoms with E-state index in [2.05, 4.69) is 15.6 Å². The van der Waals surface area contributed by atoms with Crippen LogP contribution in [0.5, 0.6) is 5.75 Å². The van der Waals surface area contributed by atoms with Crippen molar-refractivity contribution in [3.8, 4) is 23.0 Å². The zero-order chi connectivity index (χ0) is 24.4. The van der Waals surface area contributed by atoms with Crippen molar-refractivity contribution >= 4 is 46.3 Å². The van der Waals surface area contributed by atoms with Gasteiger partial charge in [0.05, 0.1) is 21.1 Å². The fourth-order valence-corrected chi connectivity index (χ4v) is 4.61. The average molecular weight is 511 g/mol. The second-order valence-electron chi connectivity index (χ2n) is 8.41. The van der Waals surface area contributed by atoms with E-state index in [1.54, 1.807) is 36.5 Å². The molecule has 35 heavy (non-hydrogen) atoms. The normalized spacial score (nSPS) is 14.1. The van der Waals surface area contributed by atoms with E-state index >= 15 is 0 Å². The summed E-state index contributed by atoms with van der Waals surface area (Å²) in [6.07, 6.45) is 7.07. The summed E-state index contributed by atoms with van der Waals surface area (Å²) in [6, 6.07) is 12.8. The molecule has 2 aromatic heterocycles. The number of imidazole rings is 1. The monoisotopic (exact) mass is 510 g/mol. The third kappa shape index (κ3) is 5.04. The molecule has 1 fully saturated rings. The topological polar surface area (TPSA) is 94.0 Å². The minimum atomic E-state index is -0.555. The molecule has 0 spiro atoms. The molecule has 0 radical (unpaired) electrons. The number of rotatable bonds is 5. The molecule has 4 aromatic rings. The fraction of sp³-hybridized carbons (Fsp3) is 0.280. The molecule has 0 saturated heterocycles. The van der Waals surface area contributed by atoms with E-state index in [0.717, 1.165) is 23.9 Å². The van der Waals surface area contributed by atoms with Gasteiger partial charge in [-0.1, -0.05) is 42.5 Å². The first-order valence-electron chi connectivity index (χ1n) is 11.5. The molecule has 10 heteroatoms. The molecule has 1 saturated carbocycles. The number of hydrogen-bond donors (Lipinski definition) is 2. The van der Waals surface area contributed by atoms with Crippen molar-refractivity contribution in [2.24, 2.45) is 0 Å². The third-order valence-corrected chi connectivity index (χ3v) is 6.77. The van der Waals surface area contributed by atoms with Crippen molar-refractivity contribution in [3.05, 3.63) is 58.7 Å². The van der Waals surface area contributed by atoms with Gasteiger partial charge in [-0.15, -0.1) is 0 Å². The number of benzene rings is 2. The summed E-state index contributed by atoms with van der Waals surface area (Å²) in [7, 11) is 1.51. The largest absolute Gasteiger partial charge is 0.412 e. The number of nitrogens with one attached hydrogen (secondary N) is 2. The number of hydrogen-bond acceptors (Lipinski definition) is 6. The van der Waals surface area contributed by atoms with Crippen LogP contribution >= 0.6 is 23.2 Å². The highest BCUT2D eigenvalue weighted by Gasteiger charge is 2.19. The zero-order valence-electron chi connectivity index (χ0n) is 19.1. The quantitative estimate of drug-likeness (QED) is 0.329. The highest BCUT2D eigenvalue weighted by Crippen LogP contribution is 2.33. The molecule has 2 N–H and O–H groups in total. The molecule has 2 aromatic carbocycles. The Labute approximate surface area is 212 Å². The molecular weight excluding hydrogens is 487 g/mol. The van der Waals surface area contributed by atoms with Crippen molar-refractivity contribution in [3.63, 3.8) is 0 Å². The summed E-state index contributed by atoms with van der Waals surface area (Å²) in [5.41, 5.74) is 2.19. The predicted molar refractivity (Wildman–Crippen MR) is 138 cm³/mol. The number of nitrogens with zero attached hydrogens (tertiary/aromatic N) is 4. The molecule has 8 nitrogen and oxygen atoms in total. The molecule has 1 aliphatic rings. The molecule has 180 valence electrons. The minimum Gasteiger partial charge on any atom is -0.410 e. The predicted octanol–water partition coefficient (Wildman–Crippen LogP) is 6.25. The van der Waals surface area contributed by atoms with Crippen LogP contribution in [0.1, 0.15) is 32.1 Å².